The summed E-state index contributed by atoms with van der Waals surface area (Å²) in [5.41, 5.74) is 8.91. The minimum Gasteiger partial charge on any atom is -0.328 e. The number of rotatable bonds is 3. The van der Waals surface area contributed by atoms with E-state index in [1.807, 2.05) is 25.1 Å². The molecule has 1 atom stereocenters. The number of nitrogens with zero attached hydrogens (tertiary/aromatic N) is 1. The van der Waals surface area contributed by atoms with Crippen molar-refractivity contribution < 1.29 is 0 Å². The van der Waals surface area contributed by atoms with Gasteiger partial charge in [0.25, 0.3) is 0 Å². The van der Waals surface area contributed by atoms with Crippen molar-refractivity contribution in [1.29, 1.82) is 5.26 Å². The highest BCUT2D eigenvalue weighted by Crippen LogP contribution is 2.13. The third-order valence-corrected chi connectivity index (χ3v) is 2.35. The van der Waals surface area contributed by atoms with Gasteiger partial charge in [-0.05, 0) is 49.9 Å². The number of hydrogen-bond acceptors (Lipinski definition) is 2. The summed E-state index contributed by atoms with van der Waals surface area (Å²) in [6, 6.07) is 8.18. The van der Waals surface area contributed by atoms with Crippen LogP contribution in [-0.4, -0.2) is 6.04 Å². The normalized spacial score (nSPS) is 12.1. The van der Waals surface area contributed by atoms with Gasteiger partial charge in [-0.1, -0.05) is 6.07 Å². The lowest BCUT2D eigenvalue weighted by Gasteiger charge is -2.08. The van der Waals surface area contributed by atoms with Crippen molar-refractivity contribution in [3.8, 4) is 6.07 Å². The molecular weight excluding hydrogens is 172 g/mol. The Morgan fingerprint density at radius 3 is 2.79 bits per heavy atom. The van der Waals surface area contributed by atoms with Crippen LogP contribution in [0.5, 0.6) is 0 Å². The predicted octanol–water partition coefficient (Wildman–Crippen LogP) is 2.15. The highest BCUT2D eigenvalue weighted by molar-refractivity contribution is 5.37. The molecule has 1 rings (SSSR count). The Morgan fingerprint density at radius 2 is 2.21 bits per heavy atom. The predicted molar refractivity (Wildman–Crippen MR) is 57.9 cm³/mol. The largest absolute Gasteiger partial charge is 0.328 e. The molecule has 2 heteroatoms. The zero-order chi connectivity index (χ0) is 10.6. The molecule has 1 unspecified atom stereocenters. The summed E-state index contributed by atoms with van der Waals surface area (Å²) < 4.78 is 0. The Bertz CT molecular complexity index is 348. The van der Waals surface area contributed by atoms with Crippen LogP contribution in [0.1, 0.15) is 30.0 Å². The highest BCUT2D eigenvalue weighted by Gasteiger charge is 2.01. The van der Waals surface area contributed by atoms with Crippen LogP contribution in [-0.2, 0) is 6.42 Å². The Hall–Kier alpha value is -1.33. The molecule has 0 radical (unpaired) electrons. The molecule has 0 saturated heterocycles. The summed E-state index contributed by atoms with van der Waals surface area (Å²) in [5, 5.41) is 8.76. The number of benzene rings is 1. The summed E-state index contributed by atoms with van der Waals surface area (Å²) in [6.07, 6.45) is 1.93. The van der Waals surface area contributed by atoms with Crippen molar-refractivity contribution in [2.24, 2.45) is 5.73 Å². The van der Waals surface area contributed by atoms with Crippen molar-refractivity contribution in [1.82, 2.24) is 0 Å². The van der Waals surface area contributed by atoms with E-state index in [9.17, 15) is 0 Å². The Balaban J connectivity index is 2.80. The number of aryl methyl sites for hydroxylation is 2. The van der Waals surface area contributed by atoms with Crippen LogP contribution in [0.4, 0.5) is 0 Å². The van der Waals surface area contributed by atoms with Gasteiger partial charge in [-0.3, -0.25) is 0 Å². The third kappa shape index (κ3) is 2.86. The molecule has 0 saturated carbocycles. The second kappa shape index (κ2) is 4.78. The average molecular weight is 188 g/mol. The molecule has 0 aliphatic carbocycles. The van der Waals surface area contributed by atoms with Crippen LogP contribution in [0.15, 0.2) is 18.2 Å². The molecule has 0 fully saturated rings. The molecule has 0 heterocycles. The van der Waals surface area contributed by atoms with E-state index in [0.717, 1.165) is 18.4 Å². The van der Waals surface area contributed by atoms with E-state index in [1.165, 1.54) is 11.1 Å². The van der Waals surface area contributed by atoms with Crippen LogP contribution in [0.25, 0.3) is 0 Å². The van der Waals surface area contributed by atoms with Gasteiger partial charge in [0.05, 0.1) is 11.6 Å². The molecule has 0 amide bonds. The lowest BCUT2D eigenvalue weighted by molar-refractivity contribution is 0.664. The van der Waals surface area contributed by atoms with E-state index in [-0.39, 0.29) is 6.04 Å². The van der Waals surface area contributed by atoms with Crippen LogP contribution in [0.3, 0.4) is 0 Å². The summed E-state index contributed by atoms with van der Waals surface area (Å²) in [5.74, 6) is 0. The first-order valence-corrected chi connectivity index (χ1v) is 4.88. The van der Waals surface area contributed by atoms with Crippen LogP contribution in [0, 0.1) is 18.3 Å². The number of hydrogen-bond donors (Lipinski definition) is 1. The van der Waals surface area contributed by atoms with Gasteiger partial charge >= 0.3 is 0 Å². The summed E-state index contributed by atoms with van der Waals surface area (Å²) in [7, 11) is 0. The lowest BCUT2D eigenvalue weighted by Crippen LogP contribution is -2.15. The topological polar surface area (TPSA) is 49.8 Å². The second-order valence-corrected chi connectivity index (χ2v) is 3.77. The van der Waals surface area contributed by atoms with Gasteiger partial charge in [-0.2, -0.15) is 5.26 Å². The van der Waals surface area contributed by atoms with Crippen molar-refractivity contribution in [3.63, 3.8) is 0 Å². The molecule has 0 aliphatic rings. The minimum atomic E-state index is 0.222. The molecule has 2 N–H and O–H groups in total. The molecule has 1 aromatic rings. The van der Waals surface area contributed by atoms with Crippen molar-refractivity contribution in [2.75, 3.05) is 0 Å². The fourth-order valence-electron chi connectivity index (χ4n) is 1.39. The minimum absolute atomic E-state index is 0.222. The zero-order valence-corrected chi connectivity index (χ0v) is 8.75. The lowest BCUT2D eigenvalue weighted by atomic mass is 9.99. The van der Waals surface area contributed by atoms with Crippen molar-refractivity contribution in [2.45, 2.75) is 32.7 Å². The van der Waals surface area contributed by atoms with Crippen LogP contribution < -0.4 is 5.73 Å². The first kappa shape index (κ1) is 10.7. The standard InChI is InChI=1S/C12H16N2/c1-9-3-5-11(8-13)7-12(9)6-4-10(2)14/h3,5,7,10H,4,6,14H2,1-2H3. The SMILES string of the molecule is Cc1ccc(C#N)cc1CCC(C)N. The fourth-order valence-corrected chi connectivity index (χ4v) is 1.39. The fraction of sp³-hybridized carbons (Fsp3) is 0.417. The van der Waals surface area contributed by atoms with Gasteiger partial charge in [0, 0.05) is 6.04 Å². The molecule has 14 heavy (non-hydrogen) atoms. The van der Waals surface area contributed by atoms with E-state index >= 15 is 0 Å². The Kier molecular flexibility index (Phi) is 3.67. The molecule has 0 aromatic heterocycles. The van der Waals surface area contributed by atoms with E-state index < -0.39 is 0 Å². The maximum Gasteiger partial charge on any atom is 0.0991 e. The van der Waals surface area contributed by atoms with E-state index in [0.29, 0.717) is 0 Å². The second-order valence-electron chi connectivity index (χ2n) is 3.77. The zero-order valence-electron chi connectivity index (χ0n) is 8.75. The van der Waals surface area contributed by atoms with Gasteiger partial charge in [-0.25, -0.2) is 0 Å². The molecule has 1 aromatic carbocycles. The molecule has 0 spiro atoms. The molecule has 0 bridgehead atoms. The van der Waals surface area contributed by atoms with Gasteiger partial charge in [0.2, 0.25) is 0 Å². The summed E-state index contributed by atoms with van der Waals surface area (Å²) >= 11 is 0. The Morgan fingerprint density at radius 1 is 1.50 bits per heavy atom. The van der Waals surface area contributed by atoms with Crippen LogP contribution in [0.2, 0.25) is 0 Å². The molecular formula is C12H16N2. The first-order chi connectivity index (χ1) is 6.63. The van der Waals surface area contributed by atoms with Gasteiger partial charge in [0.1, 0.15) is 0 Å². The van der Waals surface area contributed by atoms with Crippen molar-refractivity contribution in [3.05, 3.63) is 34.9 Å². The van der Waals surface area contributed by atoms with E-state index in [4.69, 9.17) is 11.0 Å². The number of nitriles is 1. The maximum atomic E-state index is 8.76. The van der Waals surface area contributed by atoms with Crippen LogP contribution >= 0.6 is 0 Å². The van der Waals surface area contributed by atoms with Gasteiger partial charge in [-0.15, -0.1) is 0 Å². The van der Waals surface area contributed by atoms with Crippen molar-refractivity contribution >= 4 is 0 Å². The van der Waals surface area contributed by atoms with Gasteiger partial charge in [0.15, 0.2) is 0 Å². The monoisotopic (exact) mass is 188 g/mol. The first-order valence-electron chi connectivity index (χ1n) is 4.88. The quantitative estimate of drug-likeness (QED) is 0.790. The van der Waals surface area contributed by atoms with E-state index in [1.54, 1.807) is 0 Å². The molecule has 0 aliphatic heterocycles. The summed E-state index contributed by atoms with van der Waals surface area (Å²) in [6.45, 7) is 4.07. The molecule has 74 valence electrons. The molecule has 2 nitrogen and oxygen atoms in total. The average Bonchev–Trinajstić information content (AvgIpc) is 2.16. The van der Waals surface area contributed by atoms with Gasteiger partial charge < -0.3 is 5.73 Å². The summed E-state index contributed by atoms with van der Waals surface area (Å²) in [4.78, 5) is 0. The van der Waals surface area contributed by atoms with E-state index in [2.05, 4.69) is 13.0 Å². The maximum absolute atomic E-state index is 8.76. The smallest absolute Gasteiger partial charge is 0.0991 e. The third-order valence-electron chi connectivity index (χ3n) is 2.35. The highest BCUT2D eigenvalue weighted by atomic mass is 14.6. The number of nitrogens with two attached hydrogens (primary N) is 1. The Labute approximate surface area is 85.4 Å².